The number of carboxylic acids is 1. The molecule has 216 valence electrons. The SMILES string of the molecule is C[C@@H](NC(=O)[C@@H](NC(=O)[C@H](C/C=C/c1ccc(Oc2ccccc2)c(F)c1)CC(=O)O)C(C)(C)C)c1ccccc1. The van der Waals surface area contributed by atoms with Crippen molar-refractivity contribution in [2.45, 2.75) is 52.6 Å². The minimum atomic E-state index is -1.14. The van der Waals surface area contributed by atoms with Crippen molar-refractivity contribution in [2.24, 2.45) is 11.3 Å². The summed E-state index contributed by atoms with van der Waals surface area (Å²) in [5, 5.41) is 15.2. The Labute approximate surface area is 240 Å². The number of hydrogen-bond donors (Lipinski definition) is 3. The maximum Gasteiger partial charge on any atom is 0.304 e. The van der Waals surface area contributed by atoms with Gasteiger partial charge in [0.15, 0.2) is 11.6 Å². The summed E-state index contributed by atoms with van der Waals surface area (Å²) in [7, 11) is 0. The highest BCUT2D eigenvalue weighted by Gasteiger charge is 2.35. The molecule has 0 unspecified atom stereocenters. The number of rotatable bonds is 12. The van der Waals surface area contributed by atoms with Crippen LogP contribution in [0.25, 0.3) is 6.08 Å². The number of ether oxygens (including phenoxy) is 1. The summed E-state index contributed by atoms with van der Waals surface area (Å²) in [5.74, 6) is -2.95. The number of hydrogen-bond acceptors (Lipinski definition) is 4. The zero-order valence-electron chi connectivity index (χ0n) is 23.8. The summed E-state index contributed by atoms with van der Waals surface area (Å²) in [6.07, 6.45) is 2.91. The van der Waals surface area contributed by atoms with Gasteiger partial charge in [0.1, 0.15) is 11.8 Å². The maximum absolute atomic E-state index is 14.6. The molecule has 0 heterocycles. The van der Waals surface area contributed by atoms with Gasteiger partial charge in [0.05, 0.1) is 18.4 Å². The fourth-order valence-electron chi connectivity index (χ4n) is 4.24. The monoisotopic (exact) mass is 560 g/mol. The normalized spacial score (nSPS) is 13.7. The van der Waals surface area contributed by atoms with Crippen molar-refractivity contribution >= 4 is 23.9 Å². The third-order valence-electron chi connectivity index (χ3n) is 6.52. The van der Waals surface area contributed by atoms with Gasteiger partial charge >= 0.3 is 5.97 Å². The van der Waals surface area contributed by atoms with Crippen molar-refractivity contribution in [2.75, 3.05) is 0 Å². The van der Waals surface area contributed by atoms with E-state index in [0.29, 0.717) is 11.3 Å². The van der Waals surface area contributed by atoms with Gasteiger partial charge in [0.2, 0.25) is 11.8 Å². The van der Waals surface area contributed by atoms with Gasteiger partial charge in [-0.3, -0.25) is 14.4 Å². The molecule has 0 spiro atoms. The Morgan fingerprint density at radius 3 is 2.15 bits per heavy atom. The fraction of sp³-hybridized carbons (Fsp3) is 0.303. The van der Waals surface area contributed by atoms with E-state index >= 15 is 0 Å². The van der Waals surface area contributed by atoms with Gasteiger partial charge in [-0.15, -0.1) is 0 Å². The third-order valence-corrected chi connectivity index (χ3v) is 6.52. The molecule has 3 atom stereocenters. The van der Waals surface area contributed by atoms with Gasteiger partial charge in [-0.2, -0.15) is 0 Å². The van der Waals surface area contributed by atoms with Gasteiger partial charge in [-0.05, 0) is 54.2 Å². The number of carbonyl (C=O) groups is 3. The molecule has 0 saturated heterocycles. The number of para-hydroxylation sites is 1. The minimum Gasteiger partial charge on any atom is -0.481 e. The summed E-state index contributed by atoms with van der Waals surface area (Å²) in [5.41, 5.74) is 0.810. The van der Waals surface area contributed by atoms with Crippen molar-refractivity contribution in [3.63, 3.8) is 0 Å². The molecule has 0 saturated carbocycles. The molecule has 0 bridgehead atoms. The highest BCUT2D eigenvalue weighted by atomic mass is 19.1. The molecule has 0 aliphatic carbocycles. The fourth-order valence-corrected chi connectivity index (χ4v) is 4.24. The molecule has 3 aromatic rings. The molecule has 0 aromatic heterocycles. The average molecular weight is 561 g/mol. The lowest BCUT2D eigenvalue weighted by molar-refractivity contribution is -0.141. The van der Waals surface area contributed by atoms with Gasteiger partial charge in [0.25, 0.3) is 0 Å². The Morgan fingerprint density at radius 1 is 0.927 bits per heavy atom. The molecule has 0 aliphatic heterocycles. The quantitative estimate of drug-likeness (QED) is 0.234. The van der Waals surface area contributed by atoms with E-state index in [1.54, 1.807) is 42.5 Å². The number of halogens is 1. The summed E-state index contributed by atoms with van der Waals surface area (Å²) in [6.45, 7) is 7.35. The zero-order chi connectivity index (χ0) is 30.0. The van der Waals surface area contributed by atoms with Crippen LogP contribution in [0, 0.1) is 17.2 Å². The maximum atomic E-state index is 14.6. The Hall–Kier alpha value is -4.46. The Bertz CT molecular complexity index is 1350. The first-order valence-electron chi connectivity index (χ1n) is 13.5. The van der Waals surface area contributed by atoms with Crippen molar-refractivity contribution in [3.05, 3.63) is 102 Å². The Balaban J connectivity index is 1.68. The second kappa shape index (κ2) is 14.3. The summed E-state index contributed by atoms with van der Waals surface area (Å²) in [6, 6.07) is 21.6. The Kier molecular flexibility index (Phi) is 10.8. The number of amides is 2. The first-order valence-corrected chi connectivity index (χ1v) is 13.5. The summed E-state index contributed by atoms with van der Waals surface area (Å²) < 4.78 is 20.2. The first-order chi connectivity index (χ1) is 19.4. The van der Waals surface area contributed by atoms with Crippen molar-refractivity contribution in [1.29, 1.82) is 0 Å². The molecule has 0 radical (unpaired) electrons. The topological polar surface area (TPSA) is 105 Å². The number of carbonyl (C=O) groups excluding carboxylic acids is 2. The van der Waals surface area contributed by atoms with E-state index in [1.807, 2.05) is 64.1 Å². The van der Waals surface area contributed by atoms with Crippen LogP contribution in [-0.4, -0.2) is 28.9 Å². The van der Waals surface area contributed by atoms with Crippen LogP contribution in [0.2, 0.25) is 0 Å². The van der Waals surface area contributed by atoms with Crippen molar-refractivity contribution < 1.29 is 28.6 Å². The van der Waals surface area contributed by atoms with Gasteiger partial charge < -0.3 is 20.5 Å². The Morgan fingerprint density at radius 2 is 1.56 bits per heavy atom. The molecular weight excluding hydrogens is 523 g/mol. The molecule has 3 rings (SSSR count). The van der Waals surface area contributed by atoms with Gasteiger partial charge in [-0.1, -0.05) is 87.5 Å². The lowest BCUT2D eigenvalue weighted by atomic mass is 9.85. The van der Waals surface area contributed by atoms with E-state index in [4.69, 9.17) is 4.74 Å². The van der Waals surface area contributed by atoms with E-state index in [0.717, 1.165) is 5.56 Å². The molecule has 2 amide bonds. The van der Waals surface area contributed by atoms with Crippen LogP contribution in [0.5, 0.6) is 11.5 Å². The molecule has 0 fully saturated rings. The smallest absolute Gasteiger partial charge is 0.304 e. The number of nitrogens with one attached hydrogen (secondary N) is 2. The highest BCUT2D eigenvalue weighted by Crippen LogP contribution is 2.26. The first kappa shape index (κ1) is 31.1. The van der Waals surface area contributed by atoms with Gasteiger partial charge in [0, 0.05) is 0 Å². The molecule has 3 aromatic carbocycles. The van der Waals surface area contributed by atoms with Crippen LogP contribution in [0.1, 0.15) is 57.7 Å². The van der Waals surface area contributed by atoms with Crippen molar-refractivity contribution in [1.82, 2.24) is 10.6 Å². The number of carboxylic acid groups (broad SMARTS) is 1. The largest absolute Gasteiger partial charge is 0.481 e. The van der Waals surface area contributed by atoms with Crippen LogP contribution < -0.4 is 15.4 Å². The predicted molar refractivity (Wildman–Crippen MR) is 157 cm³/mol. The molecule has 41 heavy (non-hydrogen) atoms. The second-order valence-corrected chi connectivity index (χ2v) is 11.0. The number of aliphatic carboxylic acids is 1. The zero-order valence-corrected chi connectivity index (χ0v) is 23.8. The van der Waals surface area contributed by atoms with Crippen LogP contribution in [-0.2, 0) is 14.4 Å². The molecule has 3 N–H and O–H groups in total. The predicted octanol–water partition coefficient (Wildman–Crippen LogP) is 6.52. The van der Waals surface area contributed by atoms with E-state index in [1.165, 1.54) is 12.1 Å². The third kappa shape index (κ3) is 9.60. The van der Waals surface area contributed by atoms with E-state index in [-0.39, 0.29) is 24.1 Å². The molecule has 0 aliphatic rings. The molecular formula is C33H37FN2O5. The number of allylic oxidation sites excluding steroid dienone is 1. The minimum absolute atomic E-state index is 0.0737. The molecule has 7 nitrogen and oxygen atoms in total. The number of benzene rings is 3. The van der Waals surface area contributed by atoms with Crippen LogP contribution >= 0.6 is 0 Å². The second-order valence-electron chi connectivity index (χ2n) is 11.0. The van der Waals surface area contributed by atoms with E-state index < -0.39 is 41.5 Å². The van der Waals surface area contributed by atoms with E-state index in [2.05, 4.69) is 10.6 Å². The highest BCUT2D eigenvalue weighted by molar-refractivity contribution is 5.90. The van der Waals surface area contributed by atoms with Crippen LogP contribution in [0.3, 0.4) is 0 Å². The van der Waals surface area contributed by atoms with E-state index in [9.17, 15) is 23.9 Å². The lowest BCUT2D eigenvalue weighted by Crippen LogP contribution is -2.55. The molecule has 8 heteroatoms. The average Bonchev–Trinajstić information content (AvgIpc) is 2.92. The van der Waals surface area contributed by atoms with Crippen LogP contribution in [0.15, 0.2) is 84.9 Å². The summed E-state index contributed by atoms with van der Waals surface area (Å²) >= 11 is 0. The lowest BCUT2D eigenvalue weighted by Gasteiger charge is -2.32. The van der Waals surface area contributed by atoms with Crippen LogP contribution in [0.4, 0.5) is 4.39 Å². The summed E-state index contributed by atoms with van der Waals surface area (Å²) in [4.78, 5) is 38.0. The standard InChI is InChI=1S/C33H37FN2O5/c1-22(24-13-7-5-8-14-24)35-32(40)30(33(2,3)4)36-31(39)25(21-29(37)38)15-11-12-23-18-19-28(27(34)20-23)41-26-16-9-6-10-17-26/h5-14,16-20,22,25,30H,15,21H2,1-4H3,(H,35,40)(H,36,39)(H,37,38)/b12-11+/t22-,25-,30-/m1/s1. The van der Waals surface area contributed by atoms with Gasteiger partial charge in [-0.25, -0.2) is 4.39 Å². The van der Waals surface area contributed by atoms with Crippen molar-refractivity contribution in [3.8, 4) is 11.5 Å².